The van der Waals surface area contributed by atoms with E-state index in [9.17, 15) is 0 Å². The van der Waals surface area contributed by atoms with Crippen molar-refractivity contribution in [3.05, 3.63) is 0 Å². The smallest absolute Gasteiger partial charge is 0.0359 e. The minimum atomic E-state index is 0.404. The molecule has 0 aromatic rings. The summed E-state index contributed by atoms with van der Waals surface area (Å²) in [5.41, 5.74) is 0. The van der Waals surface area contributed by atoms with Gasteiger partial charge in [0.25, 0.3) is 0 Å². The second kappa shape index (κ2) is 17.5. The summed E-state index contributed by atoms with van der Waals surface area (Å²) in [6.45, 7) is 16.3. The molecule has 2 aliphatic rings. The highest BCUT2D eigenvalue weighted by molar-refractivity contribution is 4.87. The summed E-state index contributed by atoms with van der Waals surface area (Å²) in [7, 11) is 0. The lowest BCUT2D eigenvalue weighted by Gasteiger charge is -2.30. The number of rotatable bonds is 1. The Hall–Kier alpha value is -0.360. The molecule has 9 nitrogen and oxygen atoms in total. The van der Waals surface area contributed by atoms with Crippen molar-refractivity contribution in [2.45, 2.75) is 18.5 Å². The topological polar surface area (TPSA) is 108 Å². The number of hydrogen-bond donors (Lipinski definition) is 9. The van der Waals surface area contributed by atoms with Crippen LogP contribution in [0, 0.1) is 0 Å². The molecule has 0 aromatic carbocycles. The van der Waals surface area contributed by atoms with Crippen LogP contribution in [0.2, 0.25) is 0 Å². The molecule has 0 radical (unpaired) electrons. The van der Waals surface area contributed by atoms with Gasteiger partial charge in [-0.2, -0.15) is 0 Å². The van der Waals surface area contributed by atoms with Gasteiger partial charge < -0.3 is 47.9 Å². The molecule has 2 unspecified atom stereocenters. The maximum atomic E-state index is 3.78. The van der Waals surface area contributed by atoms with Crippen molar-refractivity contribution in [1.82, 2.24) is 47.9 Å². The lowest BCUT2D eigenvalue weighted by molar-refractivity contribution is 0.341. The molecule has 166 valence electrons. The summed E-state index contributed by atoms with van der Waals surface area (Å²) >= 11 is 0. The van der Waals surface area contributed by atoms with Crippen LogP contribution in [0.3, 0.4) is 0 Å². The fourth-order valence-electron chi connectivity index (χ4n) is 3.59. The van der Waals surface area contributed by atoms with Crippen LogP contribution in [0.1, 0.15) is 6.42 Å². The summed E-state index contributed by atoms with van der Waals surface area (Å²) in [6, 6.07) is 0.814. The summed E-state index contributed by atoms with van der Waals surface area (Å²) in [5.74, 6) is 0. The Balaban J connectivity index is 1.83. The molecule has 0 saturated carbocycles. The minimum absolute atomic E-state index is 0.404. The number of hydrogen-bond acceptors (Lipinski definition) is 9. The summed E-state index contributed by atoms with van der Waals surface area (Å²) < 4.78 is 0. The van der Waals surface area contributed by atoms with Gasteiger partial charge in [0.05, 0.1) is 0 Å². The molecular formula is C19H45N9. The molecule has 9 heteroatoms. The van der Waals surface area contributed by atoms with E-state index in [1.165, 1.54) is 6.42 Å². The van der Waals surface area contributed by atoms with E-state index >= 15 is 0 Å². The van der Waals surface area contributed by atoms with Gasteiger partial charge >= 0.3 is 0 Å². The van der Waals surface area contributed by atoms with E-state index in [0.717, 1.165) is 105 Å². The Morgan fingerprint density at radius 2 is 0.643 bits per heavy atom. The second-order valence-corrected chi connectivity index (χ2v) is 7.63. The normalized spacial score (nSPS) is 30.0. The van der Waals surface area contributed by atoms with Crippen molar-refractivity contribution < 1.29 is 0 Å². The van der Waals surface area contributed by atoms with Crippen LogP contribution in [0.15, 0.2) is 0 Å². The van der Waals surface area contributed by atoms with Crippen LogP contribution in [-0.4, -0.2) is 117 Å². The lowest BCUT2D eigenvalue weighted by Crippen LogP contribution is -2.58. The Morgan fingerprint density at radius 1 is 0.321 bits per heavy atom. The zero-order valence-electron chi connectivity index (χ0n) is 17.7. The van der Waals surface area contributed by atoms with Gasteiger partial charge in [0.15, 0.2) is 0 Å². The Bertz CT molecular complexity index is 315. The fourth-order valence-corrected chi connectivity index (χ4v) is 3.59. The third-order valence-electron chi connectivity index (χ3n) is 5.25. The standard InChI is InChI=1S/C19H45N9/c1-2-20-4-5-23-12-14-27-18(16-25-3-1)19-17-26-11-10-22-7-6-21-8-9-24-13-15-28-19/h18-28H,1-17H2. The zero-order chi connectivity index (χ0) is 19.5. The molecule has 2 atom stereocenters. The molecule has 2 rings (SSSR count). The average molecular weight is 400 g/mol. The Labute approximate surface area is 171 Å². The van der Waals surface area contributed by atoms with Crippen LogP contribution in [0.25, 0.3) is 0 Å². The van der Waals surface area contributed by atoms with Gasteiger partial charge in [0.1, 0.15) is 0 Å². The molecule has 2 fully saturated rings. The predicted octanol–water partition coefficient (Wildman–Crippen LogP) is -3.55. The van der Waals surface area contributed by atoms with Crippen molar-refractivity contribution >= 4 is 0 Å². The molecule has 2 saturated heterocycles. The molecule has 0 aliphatic carbocycles. The first-order valence-corrected chi connectivity index (χ1v) is 11.4. The molecule has 2 aliphatic heterocycles. The third-order valence-corrected chi connectivity index (χ3v) is 5.25. The first-order chi connectivity index (χ1) is 14.0. The van der Waals surface area contributed by atoms with Gasteiger partial charge in [0.2, 0.25) is 0 Å². The maximum Gasteiger partial charge on any atom is 0.0359 e. The van der Waals surface area contributed by atoms with Crippen LogP contribution < -0.4 is 47.9 Å². The van der Waals surface area contributed by atoms with E-state index in [1.54, 1.807) is 0 Å². The van der Waals surface area contributed by atoms with E-state index in [0.29, 0.717) is 12.1 Å². The summed E-state index contributed by atoms with van der Waals surface area (Å²) in [5, 5.41) is 32.3. The fraction of sp³-hybridized carbons (Fsp3) is 1.00. The average Bonchev–Trinajstić information content (AvgIpc) is 2.72. The van der Waals surface area contributed by atoms with Crippen molar-refractivity contribution in [2.75, 3.05) is 105 Å². The highest BCUT2D eigenvalue weighted by Gasteiger charge is 2.20. The van der Waals surface area contributed by atoms with Crippen molar-refractivity contribution in [3.63, 3.8) is 0 Å². The summed E-state index contributed by atoms with van der Waals surface area (Å²) in [6.07, 6.45) is 1.17. The monoisotopic (exact) mass is 399 g/mol. The molecule has 0 amide bonds. The molecule has 0 aromatic heterocycles. The molecule has 2 heterocycles. The van der Waals surface area contributed by atoms with E-state index < -0.39 is 0 Å². The van der Waals surface area contributed by atoms with Crippen LogP contribution in [0.4, 0.5) is 0 Å². The van der Waals surface area contributed by atoms with E-state index in [2.05, 4.69) is 47.9 Å². The third kappa shape index (κ3) is 12.3. The largest absolute Gasteiger partial charge is 0.315 e. The van der Waals surface area contributed by atoms with Crippen molar-refractivity contribution in [1.29, 1.82) is 0 Å². The van der Waals surface area contributed by atoms with E-state index in [1.807, 2.05) is 0 Å². The molecule has 0 bridgehead atoms. The van der Waals surface area contributed by atoms with Gasteiger partial charge in [-0.1, -0.05) is 0 Å². The zero-order valence-corrected chi connectivity index (χ0v) is 17.7. The van der Waals surface area contributed by atoms with E-state index in [4.69, 9.17) is 0 Å². The van der Waals surface area contributed by atoms with Gasteiger partial charge in [0, 0.05) is 104 Å². The van der Waals surface area contributed by atoms with Gasteiger partial charge in [-0.05, 0) is 19.5 Å². The van der Waals surface area contributed by atoms with Crippen molar-refractivity contribution in [2.24, 2.45) is 0 Å². The SMILES string of the molecule is C1CNCCNCCNC(C2CNCCNCCNCCNCCN2)CNC1. The lowest BCUT2D eigenvalue weighted by atomic mass is 10.1. The number of nitrogens with one attached hydrogen (secondary N) is 9. The van der Waals surface area contributed by atoms with Gasteiger partial charge in [-0.3, -0.25) is 0 Å². The van der Waals surface area contributed by atoms with Crippen molar-refractivity contribution in [3.8, 4) is 0 Å². The maximum absolute atomic E-state index is 3.78. The minimum Gasteiger partial charge on any atom is -0.315 e. The second-order valence-electron chi connectivity index (χ2n) is 7.63. The van der Waals surface area contributed by atoms with E-state index in [-0.39, 0.29) is 0 Å². The van der Waals surface area contributed by atoms with Crippen LogP contribution in [0.5, 0.6) is 0 Å². The van der Waals surface area contributed by atoms with Crippen LogP contribution in [-0.2, 0) is 0 Å². The van der Waals surface area contributed by atoms with Crippen LogP contribution >= 0.6 is 0 Å². The van der Waals surface area contributed by atoms with Gasteiger partial charge in [-0.15, -0.1) is 0 Å². The molecular weight excluding hydrogens is 354 g/mol. The first kappa shape index (κ1) is 23.9. The Morgan fingerprint density at radius 3 is 1.14 bits per heavy atom. The van der Waals surface area contributed by atoms with Gasteiger partial charge in [-0.25, -0.2) is 0 Å². The quantitative estimate of drug-likeness (QED) is 0.221. The molecule has 0 spiro atoms. The molecule has 9 N–H and O–H groups in total. The Kier molecular flexibility index (Phi) is 14.9. The summed E-state index contributed by atoms with van der Waals surface area (Å²) in [4.78, 5) is 0. The first-order valence-electron chi connectivity index (χ1n) is 11.4. The highest BCUT2D eigenvalue weighted by atomic mass is 15.1. The highest BCUT2D eigenvalue weighted by Crippen LogP contribution is 1.94. The predicted molar refractivity (Wildman–Crippen MR) is 118 cm³/mol. The molecule has 28 heavy (non-hydrogen) atoms.